The molecular formula is C21H26ClNO4. The lowest BCUT2D eigenvalue weighted by Crippen LogP contribution is -2.40. The van der Waals surface area contributed by atoms with Gasteiger partial charge in [0.25, 0.3) is 0 Å². The third kappa shape index (κ3) is 5.62. The van der Waals surface area contributed by atoms with Gasteiger partial charge in [-0.25, -0.2) is 0 Å². The lowest BCUT2D eigenvalue weighted by molar-refractivity contribution is -0.140. The van der Waals surface area contributed by atoms with Gasteiger partial charge >= 0.3 is 5.97 Å². The van der Waals surface area contributed by atoms with Crippen molar-refractivity contribution in [2.75, 3.05) is 7.11 Å². The molecule has 1 atom stereocenters. The molecule has 0 radical (unpaired) electrons. The number of hydrogen-bond acceptors (Lipinski definition) is 4. The fourth-order valence-corrected chi connectivity index (χ4v) is 2.96. The molecule has 2 aromatic carbocycles. The first-order valence-corrected chi connectivity index (χ1v) is 9.21. The molecule has 0 aliphatic heterocycles. The number of nitrogens with one attached hydrogen (secondary N) is 1. The maximum atomic E-state index is 11.3. The number of hydrogen-bond donors (Lipinski definition) is 2. The summed E-state index contributed by atoms with van der Waals surface area (Å²) in [5, 5.41) is 12.8. The first-order valence-electron chi connectivity index (χ1n) is 8.83. The molecule has 146 valence electrons. The molecule has 2 aromatic rings. The van der Waals surface area contributed by atoms with Crippen LogP contribution in [-0.2, 0) is 17.9 Å². The molecule has 0 aliphatic carbocycles. The molecule has 0 aliphatic rings. The summed E-state index contributed by atoms with van der Waals surface area (Å²) in [5.41, 5.74) is 2.99. The minimum atomic E-state index is -0.883. The summed E-state index contributed by atoms with van der Waals surface area (Å²) in [7, 11) is 1.56. The van der Waals surface area contributed by atoms with E-state index >= 15 is 0 Å². The predicted octanol–water partition coefficient (Wildman–Crippen LogP) is 4.43. The fraction of sp³-hybridized carbons (Fsp3) is 0.381. The van der Waals surface area contributed by atoms with Crippen LogP contribution in [-0.4, -0.2) is 24.2 Å². The van der Waals surface area contributed by atoms with Gasteiger partial charge in [-0.05, 0) is 35.6 Å². The van der Waals surface area contributed by atoms with Crippen molar-refractivity contribution < 1.29 is 19.4 Å². The Morgan fingerprint density at radius 3 is 2.48 bits per heavy atom. The zero-order chi connectivity index (χ0) is 20.0. The summed E-state index contributed by atoms with van der Waals surface area (Å²) in [5.74, 6) is 0.181. The van der Waals surface area contributed by atoms with E-state index in [-0.39, 0.29) is 5.92 Å². The number of carboxylic acid groups (broad SMARTS) is 1. The van der Waals surface area contributed by atoms with Gasteiger partial charge in [-0.1, -0.05) is 49.7 Å². The van der Waals surface area contributed by atoms with Crippen molar-refractivity contribution >= 4 is 17.6 Å². The Labute approximate surface area is 165 Å². The van der Waals surface area contributed by atoms with Gasteiger partial charge in [0.15, 0.2) is 11.5 Å². The fourth-order valence-electron chi connectivity index (χ4n) is 2.74. The minimum absolute atomic E-state index is 0.0418. The van der Waals surface area contributed by atoms with Crippen molar-refractivity contribution in [2.45, 2.75) is 40.0 Å². The monoisotopic (exact) mass is 391 g/mol. The zero-order valence-electron chi connectivity index (χ0n) is 16.1. The highest BCUT2D eigenvalue weighted by Gasteiger charge is 2.21. The van der Waals surface area contributed by atoms with Gasteiger partial charge in [0.05, 0.1) is 7.11 Å². The lowest BCUT2D eigenvalue weighted by Gasteiger charge is -2.19. The molecule has 2 rings (SSSR count). The Morgan fingerprint density at radius 2 is 1.89 bits per heavy atom. The van der Waals surface area contributed by atoms with Crippen LogP contribution >= 0.6 is 11.6 Å². The number of halogens is 1. The van der Waals surface area contributed by atoms with Crippen LogP contribution in [0, 0.1) is 12.8 Å². The van der Waals surface area contributed by atoms with Gasteiger partial charge in [0, 0.05) is 17.6 Å². The quantitative estimate of drug-likeness (QED) is 0.661. The molecule has 6 heteroatoms. The largest absolute Gasteiger partial charge is 0.493 e. The van der Waals surface area contributed by atoms with E-state index in [9.17, 15) is 9.90 Å². The summed E-state index contributed by atoms with van der Waals surface area (Å²) < 4.78 is 11.3. The molecule has 0 heterocycles. The Morgan fingerprint density at radius 1 is 1.19 bits per heavy atom. The molecule has 1 unspecified atom stereocenters. The molecule has 0 fully saturated rings. The van der Waals surface area contributed by atoms with Crippen molar-refractivity contribution in [3.8, 4) is 11.5 Å². The van der Waals surface area contributed by atoms with Gasteiger partial charge in [-0.15, -0.1) is 0 Å². The number of ether oxygens (including phenoxy) is 2. The molecule has 0 aromatic heterocycles. The first kappa shape index (κ1) is 21.1. The van der Waals surface area contributed by atoms with E-state index in [0.29, 0.717) is 29.7 Å². The second kappa shape index (κ2) is 9.62. The third-order valence-electron chi connectivity index (χ3n) is 4.42. The molecular weight excluding hydrogens is 366 g/mol. The summed E-state index contributed by atoms with van der Waals surface area (Å²) in [6, 6.07) is 10.8. The molecule has 0 saturated carbocycles. The third-order valence-corrected chi connectivity index (χ3v) is 4.77. The molecule has 27 heavy (non-hydrogen) atoms. The molecule has 0 amide bonds. The van der Waals surface area contributed by atoms with Crippen LogP contribution in [0.25, 0.3) is 0 Å². The van der Waals surface area contributed by atoms with Gasteiger partial charge in [0.1, 0.15) is 12.6 Å². The number of aryl methyl sites for hydroxylation is 1. The Hall–Kier alpha value is -2.24. The predicted molar refractivity (Wildman–Crippen MR) is 107 cm³/mol. The van der Waals surface area contributed by atoms with Crippen LogP contribution in [0.15, 0.2) is 36.4 Å². The second-order valence-electron chi connectivity index (χ2n) is 6.75. The number of benzene rings is 2. The highest BCUT2D eigenvalue weighted by Crippen LogP contribution is 2.34. The van der Waals surface area contributed by atoms with E-state index in [0.717, 1.165) is 16.7 Å². The first-order chi connectivity index (χ1) is 12.8. The highest BCUT2D eigenvalue weighted by molar-refractivity contribution is 6.31. The average Bonchev–Trinajstić information content (AvgIpc) is 2.62. The number of aliphatic carboxylic acids is 1. The smallest absolute Gasteiger partial charge is 0.320 e. The summed E-state index contributed by atoms with van der Waals surface area (Å²) in [6.45, 7) is 6.48. The zero-order valence-corrected chi connectivity index (χ0v) is 16.8. The second-order valence-corrected chi connectivity index (χ2v) is 7.16. The normalized spacial score (nSPS) is 12.1. The number of carbonyl (C=O) groups is 1. The van der Waals surface area contributed by atoms with Gasteiger partial charge in [-0.2, -0.15) is 0 Å². The molecule has 0 saturated heterocycles. The van der Waals surface area contributed by atoms with Gasteiger partial charge in [0.2, 0.25) is 0 Å². The number of rotatable bonds is 9. The SMILES string of the molecule is COc1cc(CNC(C(=O)O)C(C)C)c(Cl)cc1OCc1ccccc1C. The van der Waals surface area contributed by atoms with Crippen LogP contribution in [0.4, 0.5) is 0 Å². The number of carboxylic acids is 1. The minimum Gasteiger partial charge on any atom is -0.493 e. The van der Waals surface area contributed by atoms with Crippen molar-refractivity contribution in [3.63, 3.8) is 0 Å². The Balaban J connectivity index is 2.14. The molecule has 0 spiro atoms. The number of methoxy groups -OCH3 is 1. The van der Waals surface area contributed by atoms with Gasteiger partial charge < -0.3 is 19.9 Å². The van der Waals surface area contributed by atoms with Crippen LogP contribution in [0.1, 0.15) is 30.5 Å². The summed E-state index contributed by atoms with van der Waals surface area (Å²) in [6.07, 6.45) is 0. The Bertz CT molecular complexity index is 792. The van der Waals surface area contributed by atoms with Crippen molar-refractivity contribution in [2.24, 2.45) is 5.92 Å². The van der Waals surface area contributed by atoms with Crippen LogP contribution in [0.3, 0.4) is 0 Å². The van der Waals surface area contributed by atoms with E-state index in [1.54, 1.807) is 19.2 Å². The lowest BCUT2D eigenvalue weighted by atomic mass is 10.0. The molecule has 0 bridgehead atoms. The maximum Gasteiger partial charge on any atom is 0.320 e. The van der Waals surface area contributed by atoms with Crippen LogP contribution in [0.5, 0.6) is 11.5 Å². The van der Waals surface area contributed by atoms with E-state index in [2.05, 4.69) is 5.32 Å². The maximum absolute atomic E-state index is 11.3. The van der Waals surface area contributed by atoms with E-state index < -0.39 is 12.0 Å². The van der Waals surface area contributed by atoms with Gasteiger partial charge in [-0.3, -0.25) is 4.79 Å². The van der Waals surface area contributed by atoms with E-state index in [4.69, 9.17) is 21.1 Å². The van der Waals surface area contributed by atoms with Crippen LogP contribution < -0.4 is 14.8 Å². The van der Waals surface area contributed by atoms with E-state index in [1.807, 2.05) is 45.0 Å². The Kier molecular flexibility index (Phi) is 7.51. The summed E-state index contributed by atoms with van der Waals surface area (Å²) in [4.78, 5) is 11.3. The standard InChI is InChI=1S/C21H26ClNO4/c1-13(2)20(21(24)25)23-11-16-9-18(26-4)19(10-17(16)22)27-12-15-8-6-5-7-14(15)3/h5-10,13,20,23H,11-12H2,1-4H3,(H,24,25). The van der Waals surface area contributed by atoms with Crippen molar-refractivity contribution in [1.29, 1.82) is 0 Å². The van der Waals surface area contributed by atoms with E-state index in [1.165, 1.54) is 0 Å². The van der Waals surface area contributed by atoms with Crippen LogP contribution in [0.2, 0.25) is 5.02 Å². The summed E-state index contributed by atoms with van der Waals surface area (Å²) >= 11 is 6.39. The average molecular weight is 392 g/mol. The molecule has 5 nitrogen and oxygen atoms in total. The highest BCUT2D eigenvalue weighted by atomic mass is 35.5. The topological polar surface area (TPSA) is 67.8 Å². The van der Waals surface area contributed by atoms with Crippen molar-refractivity contribution in [1.82, 2.24) is 5.32 Å². The molecule has 2 N–H and O–H groups in total. The van der Waals surface area contributed by atoms with Crippen molar-refractivity contribution in [3.05, 3.63) is 58.1 Å².